The highest BCUT2D eigenvalue weighted by atomic mass is 16.5. The van der Waals surface area contributed by atoms with Gasteiger partial charge < -0.3 is 25.5 Å². The summed E-state index contributed by atoms with van der Waals surface area (Å²) in [7, 11) is 3.31. The molecule has 0 saturated carbocycles. The number of benzene rings is 1. The fourth-order valence-corrected chi connectivity index (χ4v) is 1.72. The topological polar surface area (TPSA) is 85.2 Å². The number of hydrogen-bond acceptors (Lipinski definition) is 5. The van der Waals surface area contributed by atoms with Crippen LogP contribution in [0.3, 0.4) is 0 Å². The third-order valence-electron chi connectivity index (χ3n) is 2.69. The number of ether oxygens (including phenoxy) is 2. The number of rotatable bonds is 6. The molecule has 18 heavy (non-hydrogen) atoms. The number of hydrogen-bond donors (Lipinski definition) is 3. The van der Waals surface area contributed by atoms with Gasteiger partial charge in [-0.3, -0.25) is 0 Å². The molecule has 0 aliphatic carbocycles. The molecule has 0 aliphatic rings. The Balaban J connectivity index is 2.03. The number of H-pyrrole nitrogens is 1. The first-order chi connectivity index (χ1) is 8.72. The molecule has 1 aromatic heterocycles. The van der Waals surface area contributed by atoms with Crippen LogP contribution < -0.4 is 11.1 Å². The van der Waals surface area contributed by atoms with Crippen LogP contribution >= 0.6 is 0 Å². The van der Waals surface area contributed by atoms with Crippen LogP contribution in [0, 0.1) is 0 Å². The molecule has 1 heterocycles. The first kappa shape index (κ1) is 12.7. The van der Waals surface area contributed by atoms with Gasteiger partial charge in [0.2, 0.25) is 5.95 Å². The quantitative estimate of drug-likeness (QED) is 0.671. The van der Waals surface area contributed by atoms with Crippen molar-refractivity contribution in [3.8, 4) is 0 Å². The van der Waals surface area contributed by atoms with E-state index in [2.05, 4.69) is 15.3 Å². The zero-order valence-corrected chi connectivity index (χ0v) is 10.6. The Hall–Kier alpha value is -1.79. The lowest BCUT2D eigenvalue weighted by Crippen LogP contribution is -2.26. The molecule has 0 saturated heterocycles. The summed E-state index contributed by atoms with van der Waals surface area (Å²) >= 11 is 0. The van der Waals surface area contributed by atoms with Crippen molar-refractivity contribution >= 4 is 22.7 Å². The molecule has 98 valence electrons. The normalized spacial score (nSPS) is 12.8. The number of nitrogens with two attached hydrogens (primary N) is 1. The Morgan fingerprint density at radius 1 is 1.44 bits per heavy atom. The summed E-state index contributed by atoms with van der Waals surface area (Å²) < 4.78 is 10.3. The number of nitrogens with one attached hydrogen (secondary N) is 2. The van der Waals surface area contributed by atoms with E-state index in [9.17, 15) is 0 Å². The Morgan fingerprint density at radius 3 is 3.00 bits per heavy atom. The van der Waals surface area contributed by atoms with Crippen molar-refractivity contribution in [2.24, 2.45) is 0 Å². The lowest BCUT2D eigenvalue weighted by Gasteiger charge is -2.14. The Kier molecular flexibility index (Phi) is 4.01. The van der Waals surface area contributed by atoms with Crippen LogP contribution in [0.1, 0.15) is 0 Å². The molecule has 6 nitrogen and oxygen atoms in total. The van der Waals surface area contributed by atoms with Gasteiger partial charge in [-0.1, -0.05) is 0 Å². The summed E-state index contributed by atoms with van der Waals surface area (Å²) in [6.07, 6.45) is -0.00622. The van der Waals surface area contributed by atoms with Gasteiger partial charge in [0.15, 0.2) is 0 Å². The number of fused-ring (bicyclic) bond motifs is 1. The fraction of sp³-hybridized carbons (Fsp3) is 0.417. The Bertz CT molecular complexity index is 512. The molecule has 1 unspecified atom stereocenters. The monoisotopic (exact) mass is 250 g/mol. The molecular formula is C12H18N4O2. The minimum atomic E-state index is -0.00622. The zero-order chi connectivity index (χ0) is 13.0. The van der Waals surface area contributed by atoms with Crippen molar-refractivity contribution in [2.75, 3.05) is 38.4 Å². The summed E-state index contributed by atoms with van der Waals surface area (Å²) in [6.45, 7) is 1.16. The highest BCUT2D eigenvalue weighted by Gasteiger charge is 2.08. The number of aromatic amines is 1. The number of anilines is 2. The van der Waals surface area contributed by atoms with Gasteiger partial charge in [0.1, 0.15) is 0 Å². The average molecular weight is 250 g/mol. The Morgan fingerprint density at radius 2 is 2.28 bits per heavy atom. The SMILES string of the molecule is COCC(CNc1nc2ccc(N)cc2[nH]1)OC. The van der Waals surface area contributed by atoms with Crippen LogP contribution in [0.5, 0.6) is 0 Å². The summed E-state index contributed by atoms with van der Waals surface area (Å²) in [5.74, 6) is 0.703. The van der Waals surface area contributed by atoms with Gasteiger partial charge in [-0.05, 0) is 18.2 Å². The van der Waals surface area contributed by atoms with E-state index < -0.39 is 0 Å². The predicted molar refractivity (Wildman–Crippen MR) is 71.7 cm³/mol. The molecule has 0 amide bonds. The lowest BCUT2D eigenvalue weighted by atomic mass is 10.3. The van der Waals surface area contributed by atoms with Crippen molar-refractivity contribution in [1.82, 2.24) is 9.97 Å². The molecule has 2 rings (SSSR count). The van der Waals surface area contributed by atoms with Crippen molar-refractivity contribution in [3.63, 3.8) is 0 Å². The van der Waals surface area contributed by atoms with E-state index in [0.29, 0.717) is 24.8 Å². The number of nitrogen functional groups attached to an aromatic ring is 1. The molecule has 0 radical (unpaired) electrons. The summed E-state index contributed by atoms with van der Waals surface area (Å²) in [5, 5.41) is 3.18. The number of aromatic nitrogens is 2. The van der Waals surface area contributed by atoms with Gasteiger partial charge in [0, 0.05) is 26.5 Å². The first-order valence-corrected chi connectivity index (χ1v) is 5.73. The van der Waals surface area contributed by atoms with Gasteiger partial charge in [0.05, 0.1) is 23.7 Å². The van der Waals surface area contributed by atoms with Crippen LogP contribution in [0.15, 0.2) is 18.2 Å². The second kappa shape index (κ2) is 5.70. The second-order valence-corrected chi connectivity index (χ2v) is 4.06. The molecule has 1 aromatic carbocycles. The number of methoxy groups -OCH3 is 2. The lowest BCUT2D eigenvalue weighted by molar-refractivity contribution is 0.0365. The Labute approximate surface area is 105 Å². The summed E-state index contributed by atoms with van der Waals surface area (Å²) in [4.78, 5) is 7.56. The smallest absolute Gasteiger partial charge is 0.201 e. The molecular weight excluding hydrogens is 232 g/mol. The molecule has 6 heteroatoms. The molecule has 0 aliphatic heterocycles. The number of imidazole rings is 1. The van der Waals surface area contributed by atoms with Crippen LogP contribution in [0.4, 0.5) is 11.6 Å². The van der Waals surface area contributed by atoms with Crippen LogP contribution in [0.2, 0.25) is 0 Å². The maximum atomic E-state index is 5.71. The van der Waals surface area contributed by atoms with Gasteiger partial charge >= 0.3 is 0 Å². The third-order valence-corrected chi connectivity index (χ3v) is 2.69. The van der Waals surface area contributed by atoms with E-state index in [1.165, 1.54) is 0 Å². The standard InChI is InChI=1S/C12H18N4O2/c1-17-7-9(18-2)6-14-12-15-10-4-3-8(13)5-11(10)16-12/h3-5,9H,6-7,13H2,1-2H3,(H2,14,15,16). The largest absolute Gasteiger partial charge is 0.399 e. The highest BCUT2D eigenvalue weighted by Crippen LogP contribution is 2.17. The van der Waals surface area contributed by atoms with E-state index in [0.717, 1.165) is 11.0 Å². The fourth-order valence-electron chi connectivity index (χ4n) is 1.72. The van der Waals surface area contributed by atoms with Crippen molar-refractivity contribution in [2.45, 2.75) is 6.10 Å². The highest BCUT2D eigenvalue weighted by molar-refractivity contribution is 5.80. The van der Waals surface area contributed by atoms with Gasteiger partial charge in [0.25, 0.3) is 0 Å². The molecule has 0 fully saturated rings. The van der Waals surface area contributed by atoms with Crippen LogP contribution in [-0.4, -0.2) is 43.4 Å². The predicted octanol–water partition coefficient (Wildman–Crippen LogP) is 1.22. The van der Waals surface area contributed by atoms with E-state index in [1.807, 2.05) is 18.2 Å². The minimum absolute atomic E-state index is 0.00622. The minimum Gasteiger partial charge on any atom is -0.399 e. The van der Waals surface area contributed by atoms with Gasteiger partial charge in [-0.25, -0.2) is 4.98 Å². The molecule has 1 atom stereocenters. The summed E-state index contributed by atoms with van der Waals surface area (Å²) in [5.41, 5.74) is 8.22. The number of nitrogens with zero attached hydrogens (tertiary/aromatic N) is 1. The van der Waals surface area contributed by atoms with E-state index in [-0.39, 0.29) is 6.10 Å². The third kappa shape index (κ3) is 2.91. The van der Waals surface area contributed by atoms with E-state index >= 15 is 0 Å². The molecule has 2 aromatic rings. The zero-order valence-electron chi connectivity index (χ0n) is 10.6. The summed E-state index contributed by atoms with van der Waals surface area (Å²) in [6, 6.07) is 5.57. The van der Waals surface area contributed by atoms with Gasteiger partial charge in [-0.2, -0.15) is 0 Å². The second-order valence-electron chi connectivity index (χ2n) is 4.06. The maximum absolute atomic E-state index is 5.71. The van der Waals surface area contributed by atoms with Crippen molar-refractivity contribution in [1.29, 1.82) is 0 Å². The van der Waals surface area contributed by atoms with E-state index in [1.54, 1.807) is 14.2 Å². The molecule has 4 N–H and O–H groups in total. The maximum Gasteiger partial charge on any atom is 0.201 e. The molecule has 0 bridgehead atoms. The van der Waals surface area contributed by atoms with Crippen LogP contribution in [0.25, 0.3) is 11.0 Å². The van der Waals surface area contributed by atoms with Crippen molar-refractivity contribution < 1.29 is 9.47 Å². The first-order valence-electron chi connectivity index (χ1n) is 5.73. The van der Waals surface area contributed by atoms with Crippen molar-refractivity contribution in [3.05, 3.63) is 18.2 Å². The van der Waals surface area contributed by atoms with Crippen LogP contribution in [-0.2, 0) is 9.47 Å². The van der Waals surface area contributed by atoms with E-state index in [4.69, 9.17) is 15.2 Å². The molecule has 0 spiro atoms. The average Bonchev–Trinajstić information content (AvgIpc) is 2.76. The van der Waals surface area contributed by atoms with Gasteiger partial charge in [-0.15, -0.1) is 0 Å².